The molecule has 5 nitrogen and oxygen atoms in total. The van der Waals surface area contributed by atoms with E-state index >= 15 is 0 Å². The third-order valence-corrected chi connectivity index (χ3v) is 7.40. The highest BCUT2D eigenvalue weighted by Crippen LogP contribution is 2.22. The summed E-state index contributed by atoms with van der Waals surface area (Å²) in [5.74, 6) is 0.851. The van der Waals surface area contributed by atoms with Gasteiger partial charge in [-0.05, 0) is 60.2 Å². The Labute approximate surface area is 193 Å². The number of sulfonamides is 1. The Kier molecular flexibility index (Phi) is 7.82. The highest BCUT2D eigenvalue weighted by atomic mass is 79.9. The molecule has 0 aliphatic heterocycles. The number of thioether (sulfide) groups is 1. The van der Waals surface area contributed by atoms with Crippen molar-refractivity contribution in [2.45, 2.75) is 10.6 Å². The molecule has 9 heteroatoms. The van der Waals surface area contributed by atoms with Gasteiger partial charge in [0.15, 0.2) is 0 Å². The van der Waals surface area contributed by atoms with Gasteiger partial charge in [0.2, 0.25) is 5.91 Å². The molecule has 156 valence electrons. The Morgan fingerprint density at radius 1 is 0.933 bits per heavy atom. The maximum Gasteiger partial charge on any atom is 0.261 e. The van der Waals surface area contributed by atoms with Crippen molar-refractivity contribution < 1.29 is 13.2 Å². The number of hydrogen-bond donors (Lipinski definition) is 2. The first-order valence-corrected chi connectivity index (χ1v) is 12.6. The Balaban J connectivity index is 1.54. The summed E-state index contributed by atoms with van der Waals surface area (Å²) in [5, 5.41) is 3.30. The second-order valence-corrected chi connectivity index (χ2v) is 10.2. The van der Waals surface area contributed by atoms with Gasteiger partial charge in [0.1, 0.15) is 0 Å². The summed E-state index contributed by atoms with van der Waals surface area (Å²) >= 11 is 10.8. The molecule has 0 spiro atoms. The lowest BCUT2D eigenvalue weighted by molar-refractivity contribution is -0.113. The molecule has 0 saturated heterocycles. The summed E-state index contributed by atoms with van der Waals surface area (Å²) in [6.45, 7) is 0. The van der Waals surface area contributed by atoms with Crippen molar-refractivity contribution in [1.82, 2.24) is 0 Å². The van der Waals surface area contributed by atoms with E-state index in [4.69, 9.17) is 11.6 Å². The zero-order valence-corrected chi connectivity index (χ0v) is 19.6. The van der Waals surface area contributed by atoms with Crippen LogP contribution in [-0.4, -0.2) is 20.1 Å². The van der Waals surface area contributed by atoms with Crippen LogP contribution in [-0.2, 0) is 20.6 Å². The van der Waals surface area contributed by atoms with E-state index < -0.39 is 10.0 Å². The molecule has 30 heavy (non-hydrogen) atoms. The molecule has 0 heterocycles. The Morgan fingerprint density at radius 2 is 1.57 bits per heavy atom. The van der Waals surface area contributed by atoms with Crippen LogP contribution >= 0.6 is 39.3 Å². The molecule has 0 fully saturated rings. The molecule has 3 aromatic rings. The third-order valence-electron chi connectivity index (χ3n) is 3.99. The summed E-state index contributed by atoms with van der Waals surface area (Å²) in [7, 11) is -3.73. The molecular formula is C21H18BrClN2O3S2. The topological polar surface area (TPSA) is 75.3 Å². The van der Waals surface area contributed by atoms with Crippen molar-refractivity contribution in [3.8, 4) is 0 Å². The lowest BCUT2D eigenvalue weighted by atomic mass is 10.2. The monoisotopic (exact) mass is 524 g/mol. The fourth-order valence-corrected chi connectivity index (χ4v) is 5.14. The number of amides is 1. The van der Waals surface area contributed by atoms with Gasteiger partial charge in [0.25, 0.3) is 10.0 Å². The number of nitrogens with one attached hydrogen (secondary N) is 2. The van der Waals surface area contributed by atoms with Crippen LogP contribution in [0.2, 0.25) is 5.02 Å². The molecule has 3 aromatic carbocycles. The Hall–Kier alpha value is -2.00. The highest BCUT2D eigenvalue weighted by Gasteiger charge is 2.14. The maximum atomic E-state index is 12.5. The van der Waals surface area contributed by atoms with Crippen LogP contribution in [0, 0.1) is 0 Å². The van der Waals surface area contributed by atoms with Gasteiger partial charge in [-0.25, -0.2) is 8.42 Å². The largest absolute Gasteiger partial charge is 0.325 e. The molecule has 0 aliphatic carbocycles. The van der Waals surface area contributed by atoms with Gasteiger partial charge in [0, 0.05) is 26.6 Å². The number of benzene rings is 3. The number of carbonyl (C=O) groups excluding carboxylic acids is 1. The van der Waals surface area contributed by atoms with Crippen LogP contribution in [0.4, 0.5) is 11.4 Å². The smallest absolute Gasteiger partial charge is 0.261 e. The lowest BCUT2D eigenvalue weighted by Gasteiger charge is -2.10. The fraction of sp³-hybridized carbons (Fsp3) is 0.0952. The Bertz CT molecular complexity index is 1120. The Morgan fingerprint density at radius 3 is 2.23 bits per heavy atom. The van der Waals surface area contributed by atoms with Gasteiger partial charge >= 0.3 is 0 Å². The fourth-order valence-electron chi connectivity index (χ4n) is 2.52. The van der Waals surface area contributed by atoms with Crippen LogP contribution in [0.5, 0.6) is 0 Å². The van der Waals surface area contributed by atoms with Crippen LogP contribution in [0.25, 0.3) is 0 Å². The summed E-state index contributed by atoms with van der Waals surface area (Å²) in [5.41, 5.74) is 2.07. The highest BCUT2D eigenvalue weighted by molar-refractivity contribution is 9.10. The number of rotatable bonds is 8. The van der Waals surface area contributed by atoms with Crippen LogP contribution in [0.3, 0.4) is 0 Å². The van der Waals surface area contributed by atoms with Crippen molar-refractivity contribution in [3.05, 3.63) is 87.9 Å². The molecule has 3 rings (SSSR count). The molecule has 0 bridgehead atoms. The van der Waals surface area contributed by atoms with E-state index in [1.54, 1.807) is 36.4 Å². The minimum Gasteiger partial charge on any atom is -0.325 e. The van der Waals surface area contributed by atoms with E-state index in [1.807, 2.05) is 24.3 Å². The normalized spacial score (nSPS) is 11.1. The van der Waals surface area contributed by atoms with Gasteiger partial charge in [0.05, 0.1) is 10.6 Å². The lowest BCUT2D eigenvalue weighted by Crippen LogP contribution is -2.15. The van der Waals surface area contributed by atoms with E-state index in [9.17, 15) is 13.2 Å². The summed E-state index contributed by atoms with van der Waals surface area (Å²) in [4.78, 5) is 12.2. The second kappa shape index (κ2) is 10.3. The van der Waals surface area contributed by atoms with Gasteiger partial charge in [-0.1, -0.05) is 45.7 Å². The SMILES string of the molecule is O=C(CSCc1ccccc1Br)Nc1ccc(S(=O)(=O)Nc2ccc(Cl)cc2)cc1. The number of halogens is 2. The molecular weight excluding hydrogens is 508 g/mol. The molecule has 0 radical (unpaired) electrons. The molecule has 0 aliphatic rings. The molecule has 0 saturated carbocycles. The predicted molar refractivity (Wildman–Crippen MR) is 128 cm³/mol. The average Bonchev–Trinajstić information content (AvgIpc) is 2.71. The van der Waals surface area contributed by atoms with Gasteiger partial charge < -0.3 is 5.32 Å². The summed E-state index contributed by atoms with van der Waals surface area (Å²) in [6, 6.07) is 20.3. The van der Waals surface area contributed by atoms with Crippen LogP contribution in [0.15, 0.2) is 82.2 Å². The average molecular weight is 526 g/mol. The summed E-state index contributed by atoms with van der Waals surface area (Å²) in [6.07, 6.45) is 0. The van der Waals surface area contributed by atoms with Gasteiger partial charge in [-0.2, -0.15) is 0 Å². The first kappa shape index (κ1) is 22.7. The van der Waals surface area contributed by atoms with E-state index in [0.717, 1.165) is 10.0 Å². The first-order chi connectivity index (χ1) is 14.3. The molecule has 0 aromatic heterocycles. The number of hydrogen-bond acceptors (Lipinski definition) is 4. The van der Waals surface area contributed by atoms with E-state index in [-0.39, 0.29) is 10.8 Å². The molecule has 1 amide bonds. The van der Waals surface area contributed by atoms with E-state index in [2.05, 4.69) is 26.0 Å². The minimum absolute atomic E-state index is 0.0961. The van der Waals surface area contributed by atoms with Crippen molar-refractivity contribution in [3.63, 3.8) is 0 Å². The first-order valence-electron chi connectivity index (χ1n) is 8.83. The maximum absolute atomic E-state index is 12.5. The third kappa shape index (κ3) is 6.50. The van der Waals surface area contributed by atoms with Crippen LogP contribution in [0.1, 0.15) is 5.56 Å². The predicted octanol–water partition coefficient (Wildman–Crippen LogP) is 5.78. The van der Waals surface area contributed by atoms with Crippen molar-refractivity contribution in [2.24, 2.45) is 0 Å². The minimum atomic E-state index is -3.73. The van der Waals surface area contributed by atoms with E-state index in [1.165, 1.54) is 23.9 Å². The van der Waals surface area contributed by atoms with E-state index in [0.29, 0.717) is 27.9 Å². The van der Waals surface area contributed by atoms with Crippen molar-refractivity contribution in [1.29, 1.82) is 0 Å². The number of carbonyl (C=O) groups is 1. The van der Waals surface area contributed by atoms with Gasteiger partial charge in [-0.3, -0.25) is 9.52 Å². The standard InChI is InChI=1S/C21H18BrClN2O3S2/c22-20-4-2-1-3-15(20)13-29-14-21(26)24-17-9-11-19(12-10-17)30(27,28)25-18-7-5-16(23)6-8-18/h1-12,25H,13-14H2,(H,24,26). The van der Waals surface area contributed by atoms with Gasteiger partial charge in [-0.15, -0.1) is 11.8 Å². The zero-order chi connectivity index (χ0) is 21.6. The van der Waals surface area contributed by atoms with Crippen LogP contribution < -0.4 is 10.0 Å². The number of anilines is 2. The summed E-state index contributed by atoms with van der Waals surface area (Å²) < 4.78 is 28.5. The van der Waals surface area contributed by atoms with Crippen molar-refractivity contribution in [2.75, 3.05) is 15.8 Å². The zero-order valence-electron chi connectivity index (χ0n) is 15.6. The quantitative estimate of drug-likeness (QED) is 0.391. The molecule has 2 N–H and O–H groups in total. The molecule has 0 unspecified atom stereocenters. The second-order valence-electron chi connectivity index (χ2n) is 6.27. The molecule has 0 atom stereocenters. The van der Waals surface area contributed by atoms with Crippen molar-refractivity contribution >= 4 is 66.6 Å².